The molecule has 0 spiro atoms. The molecule has 0 aromatic heterocycles. The van der Waals surface area contributed by atoms with Crippen molar-refractivity contribution in [1.29, 1.82) is 0 Å². The van der Waals surface area contributed by atoms with Gasteiger partial charge >= 0.3 is 0 Å². The van der Waals surface area contributed by atoms with Gasteiger partial charge < -0.3 is 15.4 Å². The van der Waals surface area contributed by atoms with Gasteiger partial charge in [-0.05, 0) is 55.2 Å². The topological polar surface area (TPSA) is 67.4 Å². The van der Waals surface area contributed by atoms with E-state index in [1.54, 1.807) is 19.2 Å². The maximum absolute atomic E-state index is 12.4. The molecule has 1 aliphatic rings. The highest BCUT2D eigenvalue weighted by molar-refractivity contribution is 6.33. The van der Waals surface area contributed by atoms with Crippen molar-refractivity contribution in [3.8, 4) is 5.75 Å². The summed E-state index contributed by atoms with van der Waals surface area (Å²) < 4.78 is 5.84. The van der Waals surface area contributed by atoms with Crippen LogP contribution in [0.2, 0.25) is 5.02 Å². The lowest BCUT2D eigenvalue weighted by molar-refractivity contribution is 0.0948. The van der Waals surface area contributed by atoms with Gasteiger partial charge in [0, 0.05) is 12.6 Å². The first-order valence-corrected chi connectivity index (χ1v) is 8.86. The number of fused-ring (bicyclic) bond motifs is 1. The minimum Gasteiger partial charge on any atom is -0.486 e. The summed E-state index contributed by atoms with van der Waals surface area (Å²) in [5, 5.41) is 5.92. The summed E-state index contributed by atoms with van der Waals surface area (Å²) in [5.74, 6) is 0.150. The second kappa shape index (κ2) is 7.38. The molecule has 0 bridgehead atoms. The highest BCUT2D eigenvalue weighted by Crippen LogP contribution is 2.36. The van der Waals surface area contributed by atoms with Gasteiger partial charge in [0.1, 0.15) is 6.10 Å². The zero-order valence-electron chi connectivity index (χ0n) is 15.0. The molecular weight excluding hydrogens is 352 g/mol. The quantitative estimate of drug-likeness (QED) is 0.869. The minimum absolute atomic E-state index is 0.122. The fraction of sp³-hybridized carbons (Fsp3) is 0.300. The van der Waals surface area contributed by atoms with Crippen molar-refractivity contribution in [3.63, 3.8) is 0 Å². The normalized spacial score (nSPS) is 16.2. The molecule has 5 nitrogen and oxygen atoms in total. The molecule has 0 aliphatic carbocycles. The number of benzene rings is 2. The van der Waals surface area contributed by atoms with Crippen molar-refractivity contribution >= 4 is 23.4 Å². The van der Waals surface area contributed by atoms with Gasteiger partial charge in [-0.1, -0.05) is 23.7 Å². The number of nitrogens with one attached hydrogen (secondary N) is 2. The molecule has 1 atom stereocenters. The zero-order chi connectivity index (χ0) is 18.8. The van der Waals surface area contributed by atoms with Gasteiger partial charge in [0.05, 0.1) is 17.1 Å². The molecule has 0 unspecified atom stereocenters. The van der Waals surface area contributed by atoms with Gasteiger partial charge in [0.15, 0.2) is 5.75 Å². The first-order chi connectivity index (χ1) is 12.4. The van der Waals surface area contributed by atoms with Crippen LogP contribution in [0.5, 0.6) is 5.75 Å². The largest absolute Gasteiger partial charge is 0.486 e. The zero-order valence-corrected chi connectivity index (χ0v) is 15.7. The van der Waals surface area contributed by atoms with Crippen molar-refractivity contribution in [2.75, 3.05) is 13.6 Å². The Morgan fingerprint density at radius 2 is 2.04 bits per heavy atom. The molecule has 6 heteroatoms. The Hall–Kier alpha value is -2.53. The van der Waals surface area contributed by atoms with Crippen molar-refractivity contribution in [2.24, 2.45) is 0 Å². The Bertz CT molecular complexity index is 862. The number of halogens is 1. The predicted octanol–water partition coefficient (Wildman–Crippen LogP) is 3.11. The number of ether oxygens (including phenoxy) is 1. The van der Waals surface area contributed by atoms with Crippen LogP contribution < -0.4 is 15.4 Å². The number of rotatable bonds is 3. The van der Waals surface area contributed by atoms with Gasteiger partial charge in [0.25, 0.3) is 11.8 Å². The van der Waals surface area contributed by atoms with E-state index in [0.717, 1.165) is 16.7 Å². The Morgan fingerprint density at radius 1 is 1.35 bits per heavy atom. The molecule has 2 aromatic rings. The van der Waals surface area contributed by atoms with Crippen LogP contribution in [0.4, 0.5) is 0 Å². The molecular formula is C20H21ClN2O3. The van der Waals surface area contributed by atoms with E-state index in [0.29, 0.717) is 34.9 Å². The highest BCUT2D eigenvalue weighted by atomic mass is 35.5. The maximum atomic E-state index is 12.4. The summed E-state index contributed by atoms with van der Waals surface area (Å²) in [4.78, 5) is 24.0. The molecule has 3 rings (SSSR count). The lowest BCUT2D eigenvalue weighted by Gasteiger charge is -2.17. The lowest BCUT2D eigenvalue weighted by Crippen LogP contribution is -2.29. The molecule has 2 N–H and O–H groups in total. The summed E-state index contributed by atoms with van der Waals surface area (Å²) >= 11 is 6.51. The van der Waals surface area contributed by atoms with E-state index < -0.39 is 0 Å². The van der Waals surface area contributed by atoms with E-state index >= 15 is 0 Å². The number of carbonyl (C=O) groups excluding carboxylic acids is 2. The SMILES string of the molecule is CNC(=O)c1ccc(Cc2cc3c(c(Cl)c2C)O[C@H](C)CNC3=O)cc1. The summed E-state index contributed by atoms with van der Waals surface area (Å²) in [6.07, 6.45) is 0.468. The van der Waals surface area contributed by atoms with Gasteiger partial charge in [-0.3, -0.25) is 9.59 Å². The number of hydrogen-bond acceptors (Lipinski definition) is 3. The smallest absolute Gasteiger partial charge is 0.255 e. The second-order valence-electron chi connectivity index (χ2n) is 6.44. The number of carbonyl (C=O) groups is 2. The first kappa shape index (κ1) is 18.3. The summed E-state index contributed by atoms with van der Waals surface area (Å²) in [7, 11) is 1.60. The van der Waals surface area contributed by atoms with Gasteiger partial charge in [0.2, 0.25) is 0 Å². The molecule has 0 radical (unpaired) electrons. The molecule has 0 saturated heterocycles. The maximum Gasteiger partial charge on any atom is 0.255 e. The summed E-state index contributed by atoms with van der Waals surface area (Å²) in [5.41, 5.74) is 3.94. The molecule has 0 saturated carbocycles. The molecule has 1 aliphatic heterocycles. The summed E-state index contributed by atoms with van der Waals surface area (Å²) in [6.45, 7) is 4.26. The van der Waals surface area contributed by atoms with E-state index in [1.165, 1.54) is 0 Å². The molecule has 1 heterocycles. The van der Waals surface area contributed by atoms with Crippen LogP contribution in [0.1, 0.15) is 44.3 Å². The summed E-state index contributed by atoms with van der Waals surface area (Å²) in [6, 6.07) is 9.22. The van der Waals surface area contributed by atoms with E-state index in [-0.39, 0.29) is 17.9 Å². The monoisotopic (exact) mass is 372 g/mol. The van der Waals surface area contributed by atoms with Gasteiger partial charge in [-0.15, -0.1) is 0 Å². The van der Waals surface area contributed by atoms with Crippen molar-refractivity contribution < 1.29 is 14.3 Å². The third-order valence-corrected chi connectivity index (χ3v) is 4.98. The van der Waals surface area contributed by atoms with Crippen LogP contribution in [-0.2, 0) is 6.42 Å². The molecule has 2 aromatic carbocycles. The Kier molecular flexibility index (Phi) is 5.18. The Morgan fingerprint density at radius 3 is 2.69 bits per heavy atom. The predicted molar refractivity (Wildman–Crippen MR) is 101 cm³/mol. The average Bonchev–Trinajstić information content (AvgIpc) is 2.79. The molecule has 26 heavy (non-hydrogen) atoms. The number of amides is 2. The number of hydrogen-bond donors (Lipinski definition) is 2. The Labute approximate surface area is 157 Å². The van der Waals surface area contributed by atoms with Gasteiger partial charge in [-0.2, -0.15) is 0 Å². The second-order valence-corrected chi connectivity index (χ2v) is 6.82. The van der Waals surface area contributed by atoms with E-state index in [2.05, 4.69) is 10.6 Å². The Balaban J connectivity index is 1.95. The van der Waals surface area contributed by atoms with Crippen molar-refractivity contribution in [1.82, 2.24) is 10.6 Å². The van der Waals surface area contributed by atoms with E-state index in [1.807, 2.05) is 32.0 Å². The first-order valence-electron chi connectivity index (χ1n) is 8.48. The van der Waals surface area contributed by atoms with E-state index in [9.17, 15) is 9.59 Å². The van der Waals surface area contributed by atoms with Crippen molar-refractivity contribution in [3.05, 3.63) is 63.2 Å². The minimum atomic E-state index is -0.178. The van der Waals surface area contributed by atoms with Crippen LogP contribution >= 0.6 is 11.6 Å². The third-order valence-electron chi connectivity index (χ3n) is 4.52. The van der Waals surface area contributed by atoms with Crippen LogP contribution in [0.15, 0.2) is 30.3 Å². The van der Waals surface area contributed by atoms with Crippen LogP contribution in [0.25, 0.3) is 0 Å². The molecule has 2 amide bonds. The molecule has 0 fully saturated rings. The van der Waals surface area contributed by atoms with Gasteiger partial charge in [-0.25, -0.2) is 0 Å². The third kappa shape index (κ3) is 3.53. The lowest BCUT2D eigenvalue weighted by atomic mass is 9.96. The van der Waals surface area contributed by atoms with Crippen LogP contribution in [-0.4, -0.2) is 31.5 Å². The van der Waals surface area contributed by atoms with Crippen LogP contribution in [0.3, 0.4) is 0 Å². The van der Waals surface area contributed by atoms with Crippen LogP contribution in [0, 0.1) is 6.92 Å². The fourth-order valence-corrected chi connectivity index (χ4v) is 3.23. The highest BCUT2D eigenvalue weighted by Gasteiger charge is 2.25. The van der Waals surface area contributed by atoms with Crippen molar-refractivity contribution in [2.45, 2.75) is 26.4 Å². The van der Waals surface area contributed by atoms with E-state index in [4.69, 9.17) is 16.3 Å². The average molecular weight is 373 g/mol. The molecule has 136 valence electrons. The fourth-order valence-electron chi connectivity index (χ4n) is 2.96. The standard InChI is InChI=1S/C20H21ClN2O3/c1-11-10-23-20(25)16-9-15(12(2)17(21)18(16)26-11)8-13-4-6-14(7-5-13)19(24)22-3/h4-7,9,11H,8,10H2,1-3H3,(H,22,24)(H,23,25)/t11-/m1/s1.